The molecule has 2 rings (SSSR count). The fourth-order valence-corrected chi connectivity index (χ4v) is 5.20. The standard InChI is InChI=1S/C20H28O9Si/c1-6-20(5)25-13-17-12-18(8-9-19(17)26-20)24-10-7-11-30(27-14(2)21,28-15(3)22)29-16(4)23/h8-9,12H,6-7,10-11,13H2,1-5H3. The zero-order valence-corrected chi connectivity index (χ0v) is 18.9. The molecule has 0 aromatic heterocycles. The quantitative estimate of drug-likeness (QED) is 0.423. The fraction of sp³-hybridized carbons (Fsp3) is 0.550. The first-order valence-electron chi connectivity index (χ1n) is 9.74. The lowest BCUT2D eigenvalue weighted by atomic mass is 10.1. The maximum absolute atomic E-state index is 11.5. The fourth-order valence-electron chi connectivity index (χ4n) is 2.88. The number of hydrogen-bond donors (Lipinski definition) is 0. The summed E-state index contributed by atoms with van der Waals surface area (Å²) in [6.45, 7) is 8.01. The Kier molecular flexibility index (Phi) is 7.85. The van der Waals surface area contributed by atoms with Crippen molar-refractivity contribution in [1.29, 1.82) is 0 Å². The number of rotatable bonds is 9. The van der Waals surface area contributed by atoms with Crippen molar-refractivity contribution in [3.05, 3.63) is 23.8 Å². The van der Waals surface area contributed by atoms with E-state index in [0.717, 1.165) is 38.5 Å². The summed E-state index contributed by atoms with van der Waals surface area (Å²) >= 11 is 0. The van der Waals surface area contributed by atoms with Gasteiger partial charge in [0, 0.05) is 39.7 Å². The molecule has 1 aliphatic rings. The van der Waals surface area contributed by atoms with E-state index in [2.05, 4.69) is 0 Å². The second-order valence-corrected chi connectivity index (χ2v) is 9.54. The molecule has 1 aliphatic heterocycles. The molecular weight excluding hydrogens is 412 g/mol. The van der Waals surface area contributed by atoms with Crippen LogP contribution in [-0.4, -0.2) is 39.1 Å². The molecule has 166 valence electrons. The van der Waals surface area contributed by atoms with Gasteiger partial charge in [-0.25, -0.2) is 0 Å². The van der Waals surface area contributed by atoms with Crippen LogP contribution >= 0.6 is 0 Å². The summed E-state index contributed by atoms with van der Waals surface area (Å²) in [7, 11) is -3.84. The van der Waals surface area contributed by atoms with Crippen LogP contribution < -0.4 is 9.47 Å². The van der Waals surface area contributed by atoms with E-state index in [0.29, 0.717) is 18.8 Å². The Morgan fingerprint density at radius 2 is 1.67 bits per heavy atom. The molecule has 30 heavy (non-hydrogen) atoms. The van der Waals surface area contributed by atoms with E-state index in [1.165, 1.54) is 0 Å². The normalized spacial score (nSPS) is 17.9. The highest BCUT2D eigenvalue weighted by atomic mass is 28.4. The van der Waals surface area contributed by atoms with Gasteiger partial charge in [0.05, 0.1) is 19.3 Å². The van der Waals surface area contributed by atoms with E-state index in [-0.39, 0.29) is 12.7 Å². The Morgan fingerprint density at radius 1 is 1.07 bits per heavy atom. The van der Waals surface area contributed by atoms with Crippen LogP contribution in [0.2, 0.25) is 6.04 Å². The zero-order valence-electron chi connectivity index (χ0n) is 17.9. The van der Waals surface area contributed by atoms with Gasteiger partial charge in [-0.05, 0) is 24.6 Å². The summed E-state index contributed by atoms with van der Waals surface area (Å²) in [6.07, 6.45) is 1.06. The average Bonchev–Trinajstić information content (AvgIpc) is 2.63. The molecular formula is C20H28O9Si. The van der Waals surface area contributed by atoms with Gasteiger partial charge in [0.2, 0.25) is 5.79 Å². The van der Waals surface area contributed by atoms with Crippen molar-refractivity contribution < 1.29 is 41.9 Å². The number of carbonyl (C=O) groups excluding carboxylic acids is 3. The van der Waals surface area contributed by atoms with Crippen LogP contribution in [0.15, 0.2) is 18.2 Å². The Hall–Kier alpha value is -2.59. The van der Waals surface area contributed by atoms with Crippen LogP contribution in [0.4, 0.5) is 0 Å². The lowest BCUT2D eigenvalue weighted by Crippen LogP contribution is -2.49. The summed E-state index contributed by atoms with van der Waals surface area (Å²) < 4.78 is 32.8. The molecule has 0 saturated heterocycles. The molecule has 10 heteroatoms. The van der Waals surface area contributed by atoms with Gasteiger partial charge in [0.1, 0.15) is 11.5 Å². The van der Waals surface area contributed by atoms with Crippen LogP contribution in [0.3, 0.4) is 0 Å². The van der Waals surface area contributed by atoms with E-state index in [1.54, 1.807) is 6.07 Å². The van der Waals surface area contributed by atoms with E-state index < -0.39 is 32.5 Å². The Bertz CT molecular complexity index is 754. The predicted molar refractivity (Wildman–Crippen MR) is 107 cm³/mol. The van der Waals surface area contributed by atoms with E-state index in [4.69, 9.17) is 27.5 Å². The maximum atomic E-state index is 11.5. The van der Waals surface area contributed by atoms with E-state index in [1.807, 2.05) is 26.0 Å². The molecule has 0 saturated carbocycles. The average molecular weight is 441 g/mol. The molecule has 1 aromatic carbocycles. The first-order chi connectivity index (χ1) is 14.1. The third-order valence-corrected chi connectivity index (χ3v) is 7.09. The number of benzene rings is 1. The second kappa shape index (κ2) is 9.94. The van der Waals surface area contributed by atoms with Crippen LogP contribution in [0.1, 0.15) is 53.0 Å². The van der Waals surface area contributed by atoms with Gasteiger partial charge in [-0.3, -0.25) is 14.4 Å². The zero-order chi connectivity index (χ0) is 22.4. The predicted octanol–water partition coefficient (Wildman–Crippen LogP) is 3.12. The van der Waals surface area contributed by atoms with Crippen LogP contribution in [0.5, 0.6) is 11.5 Å². The van der Waals surface area contributed by atoms with Gasteiger partial charge >= 0.3 is 8.80 Å². The van der Waals surface area contributed by atoms with Crippen molar-refractivity contribution in [1.82, 2.24) is 0 Å². The highest BCUT2D eigenvalue weighted by Crippen LogP contribution is 2.35. The molecule has 1 atom stereocenters. The first-order valence-corrected chi connectivity index (χ1v) is 11.7. The minimum Gasteiger partial charge on any atom is -0.494 e. The molecule has 1 heterocycles. The highest BCUT2D eigenvalue weighted by Gasteiger charge is 2.51. The summed E-state index contributed by atoms with van der Waals surface area (Å²) in [5.74, 6) is -1.35. The molecule has 0 spiro atoms. The third kappa shape index (κ3) is 6.73. The van der Waals surface area contributed by atoms with Gasteiger partial charge in [-0.2, -0.15) is 0 Å². The topological polar surface area (TPSA) is 107 Å². The maximum Gasteiger partial charge on any atom is 0.705 e. The molecule has 0 bridgehead atoms. The van der Waals surface area contributed by atoms with Gasteiger partial charge < -0.3 is 27.5 Å². The van der Waals surface area contributed by atoms with Crippen molar-refractivity contribution in [2.75, 3.05) is 6.61 Å². The Morgan fingerprint density at radius 3 is 2.20 bits per heavy atom. The molecule has 0 aliphatic carbocycles. The van der Waals surface area contributed by atoms with Crippen molar-refractivity contribution in [2.45, 2.75) is 65.9 Å². The molecule has 9 nitrogen and oxygen atoms in total. The Labute approximate surface area is 176 Å². The smallest absolute Gasteiger partial charge is 0.494 e. The van der Waals surface area contributed by atoms with E-state index in [9.17, 15) is 14.4 Å². The van der Waals surface area contributed by atoms with Crippen molar-refractivity contribution >= 4 is 26.7 Å². The van der Waals surface area contributed by atoms with Gasteiger partial charge in [-0.15, -0.1) is 0 Å². The molecule has 0 radical (unpaired) electrons. The number of hydrogen-bond acceptors (Lipinski definition) is 9. The minimum atomic E-state index is -3.84. The largest absolute Gasteiger partial charge is 0.705 e. The van der Waals surface area contributed by atoms with Crippen molar-refractivity contribution in [3.63, 3.8) is 0 Å². The molecule has 0 N–H and O–H groups in total. The minimum absolute atomic E-state index is 0.0533. The SMILES string of the molecule is CCC1(C)OCc2cc(OCCC[Si](OC(C)=O)(OC(C)=O)OC(C)=O)ccc2O1. The number of carbonyl (C=O) groups is 3. The van der Waals surface area contributed by atoms with Gasteiger partial charge in [0.25, 0.3) is 17.9 Å². The summed E-state index contributed by atoms with van der Waals surface area (Å²) in [5, 5.41) is 0. The van der Waals surface area contributed by atoms with Gasteiger partial charge in [0.15, 0.2) is 0 Å². The van der Waals surface area contributed by atoms with Crippen molar-refractivity contribution in [3.8, 4) is 11.5 Å². The molecule has 0 amide bonds. The second-order valence-electron chi connectivity index (χ2n) is 7.06. The number of ether oxygens (including phenoxy) is 3. The molecule has 0 fully saturated rings. The van der Waals surface area contributed by atoms with E-state index >= 15 is 0 Å². The molecule has 1 unspecified atom stereocenters. The summed E-state index contributed by atoms with van der Waals surface area (Å²) in [4.78, 5) is 34.4. The number of fused-ring (bicyclic) bond motifs is 1. The lowest BCUT2D eigenvalue weighted by Gasteiger charge is -2.35. The van der Waals surface area contributed by atoms with Crippen LogP contribution in [-0.2, 0) is 39.0 Å². The first kappa shape index (κ1) is 23.7. The Balaban J connectivity index is 1.98. The lowest BCUT2D eigenvalue weighted by molar-refractivity contribution is -0.194. The van der Waals surface area contributed by atoms with Crippen LogP contribution in [0.25, 0.3) is 0 Å². The third-order valence-electron chi connectivity index (χ3n) is 4.33. The highest BCUT2D eigenvalue weighted by molar-refractivity contribution is 6.65. The van der Waals surface area contributed by atoms with Crippen LogP contribution in [0, 0.1) is 0 Å². The van der Waals surface area contributed by atoms with Crippen molar-refractivity contribution in [2.24, 2.45) is 0 Å². The monoisotopic (exact) mass is 440 g/mol. The summed E-state index contributed by atoms with van der Waals surface area (Å²) in [5.41, 5.74) is 0.877. The molecule has 1 aromatic rings. The van der Waals surface area contributed by atoms with Gasteiger partial charge in [-0.1, -0.05) is 6.92 Å². The summed E-state index contributed by atoms with van der Waals surface area (Å²) in [6, 6.07) is 5.50.